The number of hydrogen-bond donors (Lipinski definition) is 2. The fourth-order valence-corrected chi connectivity index (χ4v) is 1.91. The van der Waals surface area contributed by atoms with Crippen LogP contribution in [0.4, 0.5) is 5.69 Å². The summed E-state index contributed by atoms with van der Waals surface area (Å²) < 4.78 is 0. The molecule has 0 atom stereocenters. The molecule has 0 saturated heterocycles. The number of nitrogens with one attached hydrogen (secondary N) is 1. The highest BCUT2D eigenvalue weighted by Gasteiger charge is 2.35. The Bertz CT molecular complexity index is 317. The number of nitrogens with two attached hydrogens (primary N) is 1. The highest BCUT2D eigenvalue weighted by Crippen LogP contribution is 2.35. The number of rotatable bonds is 3. The van der Waals surface area contributed by atoms with Gasteiger partial charge in [0.05, 0.1) is 10.7 Å². The average Bonchev–Trinajstić information content (AvgIpc) is 2.14. The molecule has 0 radical (unpaired) electrons. The van der Waals surface area contributed by atoms with Crippen molar-refractivity contribution >= 4 is 17.3 Å². The zero-order valence-corrected chi connectivity index (χ0v) is 8.72. The monoisotopic (exact) mass is 211 g/mol. The van der Waals surface area contributed by atoms with Gasteiger partial charge in [-0.05, 0) is 25.3 Å². The first-order valence-corrected chi connectivity index (χ1v) is 5.21. The lowest BCUT2D eigenvalue weighted by Gasteiger charge is -2.42. The predicted molar refractivity (Wildman–Crippen MR) is 58.5 cm³/mol. The summed E-state index contributed by atoms with van der Waals surface area (Å²) in [6.45, 7) is 0.658. The van der Waals surface area contributed by atoms with Crippen molar-refractivity contribution in [3.63, 3.8) is 0 Å². The van der Waals surface area contributed by atoms with Gasteiger partial charge in [-0.1, -0.05) is 11.6 Å². The molecule has 1 heterocycles. The van der Waals surface area contributed by atoms with Crippen molar-refractivity contribution in [3.05, 3.63) is 23.5 Å². The van der Waals surface area contributed by atoms with Gasteiger partial charge in [0.25, 0.3) is 0 Å². The number of nitrogens with zero attached hydrogens (tertiary/aromatic N) is 1. The normalized spacial score (nSPS) is 18.7. The van der Waals surface area contributed by atoms with E-state index in [4.69, 9.17) is 17.3 Å². The highest BCUT2D eigenvalue weighted by atomic mass is 35.5. The molecule has 14 heavy (non-hydrogen) atoms. The van der Waals surface area contributed by atoms with Gasteiger partial charge in [0.1, 0.15) is 0 Å². The summed E-state index contributed by atoms with van der Waals surface area (Å²) in [6, 6.07) is 1.89. The van der Waals surface area contributed by atoms with E-state index in [0.717, 1.165) is 18.5 Å². The third-order valence-corrected chi connectivity index (χ3v) is 3.17. The lowest BCUT2D eigenvalue weighted by atomic mass is 9.76. The topological polar surface area (TPSA) is 50.9 Å². The molecule has 0 aliphatic heterocycles. The quantitative estimate of drug-likeness (QED) is 0.805. The Labute approximate surface area is 88.7 Å². The first kappa shape index (κ1) is 9.74. The van der Waals surface area contributed by atoms with E-state index < -0.39 is 0 Å². The zero-order chi connectivity index (χ0) is 10.0. The Morgan fingerprint density at radius 1 is 1.57 bits per heavy atom. The second-order valence-corrected chi connectivity index (χ2v) is 4.23. The van der Waals surface area contributed by atoms with E-state index >= 15 is 0 Å². The molecular weight excluding hydrogens is 198 g/mol. The van der Waals surface area contributed by atoms with Gasteiger partial charge in [-0.15, -0.1) is 0 Å². The summed E-state index contributed by atoms with van der Waals surface area (Å²) in [7, 11) is 0. The van der Waals surface area contributed by atoms with Crippen LogP contribution < -0.4 is 11.1 Å². The van der Waals surface area contributed by atoms with Crippen LogP contribution in [0.3, 0.4) is 0 Å². The smallest absolute Gasteiger partial charge is 0.0820 e. The largest absolute Gasteiger partial charge is 0.377 e. The minimum atomic E-state index is 0.0744. The lowest BCUT2D eigenvalue weighted by molar-refractivity contribution is 0.287. The third-order valence-electron chi connectivity index (χ3n) is 2.87. The molecule has 1 aromatic heterocycles. The number of pyridine rings is 1. The SMILES string of the molecule is NCC1(Nc2ccncc2Cl)CCC1. The lowest BCUT2D eigenvalue weighted by Crippen LogP contribution is -2.51. The molecule has 76 valence electrons. The van der Waals surface area contributed by atoms with E-state index in [2.05, 4.69) is 10.3 Å². The Balaban J connectivity index is 2.13. The minimum absolute atomic E-state index is 0.0744. The van der Waals surface area contributed by atoms with E-state index in [1.54, 1.807) is 12.4 Å². The highest BCUT2D eigenvalue weighted by molar-refractivity contribution is 6.33. The molecule has 3 nitrogen and oxygen atoms in total. The van der Waals surface area contributed by atoms with Gasteiger partial charge in [-0.25, -0.2) is 0 Å². The van der Waals surface area contributed by atoms with E-state index in [0.29, 0.717) is 11.6 Å². The van der Waals surface area contributed by atoms with Gasteiger partial charge in [-0.3, -0.25) is 4.98 Å². The van der Waals surface area contributed by atoms with Crippen molar-refractivity contribution in [2.45, 2.75) is 24.8 Å². The summed E-state index contributed by atoms with van der Waals surface area (Å²) >= 11 is 6.00. The Morgan fingerprint density at radius 2 is 2.36 bits per heavy atom. The molecule has 0 bridgehead atoms. The molecule has 3 N–H and O–H groups in total. The molecule has 0 spiro atoms. The van der Waals surface area contributed by atoms with E-state index in [1.807, 2.05) is 6.07 Å². The summed E-state index contributed by atoms with van der Waals surface area (Å²) in [5.74, 6) is 0. The van der Waals surface area contributed by atoms with Crippen LogP contribution in [0.25, 0.3) is 0 Å². The van der Waals surface area contributed by atoms with Crippen LogP contribution in [-0.2, 0) is 0 Å². The Hall–Kier alpha value is -0.800. The summed E-state index contributed by atoms with van der Waals surface area (Å²) in [4.78, 5) is 3.94. The second kappa shape index (κ2) is 3.75. The molecule has 1 aliphatic carbocycles. The zero-order valence-electron chi connectivity index (χ0n) is 7.96. The molecule has 1 fully saturated rings. The van der Waals surface area contributed by atoms with Gasteiger partial charge in [0.2, 0.25) is 0 Å². The molecule has 0 amide bonds. The van der Waals surface area contributed by atoms with Crippen molar-refractivity contribution in [1.29, 1.82) is 0 Å². The first-order valence-electron chi connectivity index (χ1n) is 4.83. The Kier molecular flexibility index (Phi) is 2.61. The molecular formula is C10H14ClN3. The van der Waals surface area contributed by atoms with Crippen molar-refractivity contribution in [2.24, 2.45) is 5.73 Å². The van der Waals surface area contributed by atoms with Gasteiger partial charge >= 0.3 is 0 Å². The van der Waals surface area contributed by atoms with E-state index in [-0.39, 0.29) is 5.54 Å². The maximum atomic E-state index is 6.00. The van der Waals surface area contributed by atoms with Crippen molar-refractivity contribution < 1.29 is 0 Å². The van der Waals surface area contributed by atoms with Crippen LogP contribution in [-0.4, -0.2) is 17.1 Å². The molecule has 2 rings (SSSR count). The molecule has 0 aromatic carbocycles. The fourth-order valence-electron chi connectivity index (χ4n) is 1.75. The summed E-state index contributed by atoms with van der Waals surface area (Å²) in [6.07, 6.45) is 6.88. The maximum Gasteiger partial charge on any atom is 0.0820 e. The maximum absolute atomic E-state index is 6.00. The van der Waals surface area contributed by atoms with Gasteiger partial charge in [0.15, 0.2) is 0 Å². The number of hydrogen-bond acceptors (Lipinski definition) is 3. The minimum Gasteiger partial charge on any atom is -0.377 e. The molecule has 1 saturated carbocycles. The van der Waals surface area contributed by atoms with Crippen LogP contribution in [0.5, 0.6) is 0 Å². The third kappa shape index (κ3) is 1.70. The molecule has 1 aromatic rings. The summed E-state index contributed by atoms with van der Waals surface area (Å²) in [5, 5.41) is 4.07. The van der Waals surface area contributed by atoms with Crippen molar-refractivity contribution in [1.82, 2.24) is 4.98 Å². The molecule has 1 aliphatic rings. The Morgan fingerprint density at radius 3 is 2.86 bits per heavy atom. The van der Waals surface area contributed by atoms with Crippen molar-refractivity contribution in [3.8, 4) is 0 Å². The van der Waals surface area contributed by atoms with Gasteiger partial charge < -0.3 is 11.1 Å². The van der Waals surface area contributed by atoms with E-state index in [9.17, 15) is 0 Å². The van der Waals surface area contributed by atoms with Crippen molar-refractivity contribution in [2.75, 3.05) is 11.9 Å². The predicted octanol–water partition coefficient (Wildman–Crippen LogP) is 2.03. The summed E-state index contributed by atoms with van der Waals surface area (Å²) in [5.41, 5.74) is 6.76. The van der Waals surface area contributed by atoms with Crippen LogP contribution >= 0.6 is 11.6 Å². The van der Waals surface area contributed by atoms with Crippen LogP contribution in [0, 0.1) is 0 Å². The van der Waals surface area contributed by atoms with E-state index in [1.165, 1.54) is 6.42 Å². The standard InChI is InChI=1S/C10H14ClN3/c11-8-6-13-5-2-9(8)14-10(7-12)3-1-4-10/h2,5-6H,1,3-4,7,12H2,(H,13,14). The molecule has 4 heteroatoms. The van der Waals surface area contributed by atoms with Crippen LogP contribution in [0.2, 0.25) is 5.02 Å². The van der Waals surface area contributed by atoms with Gasteiger partial charge in [-0.2, -0.15) is 0 Å². The van der Waals surface area contributed by atoms with Crippen LogP contribution in [0.15, 0.2) is 18.5 Å². The average molecular weight is 212 g/mol. The number of anilines is 1. The number of aromatic nitrogens is 1. The second-order valence-electron chi connectivity index (χ2n) is 3.82. The fraction of sp³-hybridized carbons (Fsp3) is 0.500. The van der Waals surface area contributed by atoms with Gasteiger partial charge in [0, 0.05) is 24.5 Å². The molecule has 0 unspecified atom stereocenters. The first-order chi connectivity index (χ1) is 6.76. The number of halogens is 1. The van der Waals surface area contributed by atoms with Crippen LogP contribution in [0.1, 0.15) is 19.3 Å².